The van der Waals surface area contributed by atoms with Gasteiger partial charge in [-0.3, -0.25) is 0 Å². The number of carbonyl (C=O) groups is 2. The zero-order valence-corrected chi connectivity index (χ0v) is 18.6. The molecule has 0 saturated heterocycles. The number of carboxylic acid groups (broad SMARTS) is 1. The van der Waals surface area contributed by atoms with Gasteiger partial charge >= 0.3 is 12.1 Å². The lowest BCUT2D eigenvalue weighted by atomic mass is 9.98. The molecule has 0 saturated carbocycles. The van der Waals surface area contributed by atoms with E-state index in [9.17, 15) is 14.7 Å². The van der Waals surface area contributed by atoms with Gasteiger partial charge in [0.05, 0.1) is 12.6 Å². The predicted octanol–water partition coefficient (Wildman–Crippen LogP) is 4.71. The van der Waals surface area contributed by atoms with E-state index in [4.69, 9.17) is 9.47 Å². The smallest absolute Gasteiger partial charge is 0.407 e. The Morgan fingerprint density at radius 1 is 1.00 bits per heavy atom. The van der Waals surface area contributed by atoms with Crippen molar-refractivity contribution >= 4 is 23.0 Å². The molecule has 5 rings (SSSR count). The fraction of sp³-hybridized carbons (Fsp3) is 0.185. The number of amides is 1. The molecule has 1 unspecified atom stereocenters. The van der Waals surface area contributed by atoms with Crippen molar-refractivity contribution in [1.82, 2.24) is 10.3 Å². The molecule has 7 heteroatoms. The second-order valence-corrected chi connectivity index (χ2v) is 8.26. The number of carboxylic acids is 1. The molecule has 4 aromatic rings. The third kappa shape index (κ3) is 3.85. The van der Waals surface area contributed by atoms with Crippen molar-refractivity contribution in [2.75, 3.05) is 13.7 Å². The van der Waals surface area contributed by atoms with Gasteiger partial charge in [-0.25, -0.2) is 9.59 Å². The summed E-state index contributed by atoms with van der Waals surface area (Å²) in [5, 5.41) is 13.1. The molecular formula is C27H24N2O5. The van der Waals surface area contributed by atoms with E-state index in [1.165, 1.54) is 0 Å². The number of aliphatic carboxylic acids is 1. The zero-order chi connectivity index (χ0) is 23.7. The zero-order valence-electron chi connectivity index (χ0n) is 18.6. The molecule has 1 amide bonds. The van der Waals surface area contributed by atoms with E-state index >= 15 is 0 Å². The fourth-order valence-corrected chi connectivity index (χ4v) is 4.73. The number of fused-ring (bicyclic) bond motifs is 4. The van der Waals surface area contributed by atoms with Crippen LogP contribution in [0.15, 0.2) is 72.9 Å². The van der Waals surface area contributed by atoms with Gasteiger partial charge < -0.3 is 24.9 Å². The number of rotatable bonds is 7. The lowest BCUT2D eigenvalue weighted by Gasteiger charge is -2.17. The van der Waals surface area contributed by atoms with Crippen LogP contribution >= 0.6 is 0 Å². The first-order chi connectivity index (χ1) is 16.6. The summed E-state index contributed by atoms with van der Waals surface area (Å²) in [6.45, 7) is 0.122. The number of methoxy groups -OCH3 is 1. The first-order valence-corrected chi connectivity index (χ1v) is 11.0. The highest BCUT2D eigenvalue weighted by atomic mass is 16.5. The van der Waals surface area contributed by atoms with Gasteiger partial charge in [0, 0.05) is 23.9 Å². The number of hydrogen-bond acceptors (Lipinski definition) is 4. The summed E-state index contributed by atoms with van der Waals surface area (Å²) in [4.78, 5) is 27.6. The number of benzene rings is 3. The molecule has 0 bridgehead atoms. The maximum Gasteiger partial charge on any atom is 0.407 e. The molecule has 1 atom stereocenters. The van der Waals surface area contributed by atoms with Crippen LogP contribution in [0, 0.1) is 0 Å². The lowest BCUT2D eigenvalue weighted by molar-refractivity contribution is -0.139. The molecule has 0 radical (unpaired) electrons. The molecule has 0 spiro atoms. The summed E-state index contributed by atoms with van der Waals surface area (Å²) in [5.41, 5.74) is 6.00. The van der Waals surface area contributed by atoms with Crippen molar-refractivity contribution in [3.63, 3.8) is 0 Å². The van der Waals surface area contributed by atoms with Gasteiger partial charge in [0.2, 0.25) is 0 Å². The lowest BCUT2D eigenvalue weighted by Crippen LogP contribution is -2.42. The molecule has 3 N–H and O–H groups in total. The van der Waals surface area contributed by atoms with Crippen LogP contribution < -0.4 is 10.1 Å². The predicted molar refractivity (Wildman–Crippen MR) is 128 cm³/mol. The number of aromatic nitrogens is 1. The van der Waals surface area contributed by atoms with E-state index in [-0.39, 0.29) is 18.9 Å². The van der Waals surface area contributed by atoms with Crippen molar-refractivity contribution in [3.8, 4) is 16.9 Å². The molecule has 1 aliphatic rings. The SMILES string of the molecule is COc1cccc2c(CC(NC(=O)OCC3c4ccccc4-c4ccccc43)C(=O)O)c[nH]c12. The van der Waals surface area contributed by atoms with Gasteiger partial charge in [-0.2, -0.15) is 0 Å². The summed E-state index contributed by atoms with van der Waals surface area (Å²) in [6, 6.07) is 20.5. The minimum absolute atomic E-state index is 0.0949. The Kier molecular flexibility index (Phi) is 5.67. The van der Waals surface area contributed by atoms with E-state index in [1.807, 2.05) is 54.6 Å². The Morgan fingerprint density at radius 2 is 1.68 bits per heavy atom. The second kappa shape index (κ2) is 8.94. The Labute approximate surface area is 196 Å². The summed E-state index contributed by atoms with van der Waals surface area (Å²) in [6.07, 6.45) is 1.08. The molecule has 3 aromatic carbocycles. The quantitative estimate of drug-likeness (QED) is 0.374. The van der Waals surface area contributed by atoms with Gasteiger partial charge in [-0.05, 0) is 33.9 Å². The van der Waals surface area contributed by atoms with Crippen LogP contribution in [0.1, 0.15) is 22.6 Å². The molecule has 172 valence electrons. The highest BCUT2D eigenvalue weighted by molar-refractivity contribution is 5.89. The van der Waals surface area contributed by atoms with Crippen molar-refractivity contribution < 1.29 is 24.2 Å². The first kappa shape index (κ1) is 21.6. The van der Waals surface area contributed by atoms with Gasteiger partial charge in [0.25, 0.3) is 0 Å². The van der Waals surface area contributed by atoms with Crippen LogP contribution in [0.25, 0.3) is 22.0 Å². The number of ether oxygens (including phenoxy) is 2. The van der Waals surface area contributed by atoms with Crippen molar-refractivity contribution in [3.05, 3.63) is 89.6 Å². The average Bonchev–Trinajstić information content (AvgIpc) is 3.41. The van der Waals surface area contributed by atoms with Gasteiger partial charge in [0.1, 0.15) is 18.4 Å². The van der Waals surface area contributed by atoms with Crippen LogP contribution in [-0.4, -0.2) is 41.9 Å². The minimum atomic E-state index is -1.14. The number of para-hydroxylation sites is 1. The van der Waals surface area contributed by atoms with Crippen LogP contribution in [-0.2, 0) is 16.0 Å². The van der Waals surface area contributed by atoms with E-state index in [0.717, 1.165) is 38.7 Å². The minimum Gasteiger partial charge on any atom is -0.495 e. The number of H-pyrrole nitrogens is 1. The maximum absolute atomic E-state index is 12.6. The standard InChI is InChI=1S/C27H24N2O5/c1-33-24-12-6-11-17-16(14-28-25(17)24)13-23(26(30)31)29-27(32)34-15-22-20-9-4-2-7-18(20)19-8-3-5-10-21(19)22/h2-12,14,22-23,28H,13,15H2,1H3,(H,29,32)(H,30,31). The number of nitrogens with one attached hydrogen (secondary N) is 2. The number of aromatic amines is 1. The summed E-state index contributed by atoms with van der Waals surface area (Å²) >= 11 is 0. The molecule has 34 heavy (non-hydrogen) atoms. The van der Waals surface area contributed by atoms with E-state index in [0.29, 0.717) is 5.75 Å². The van der Waals surface area contributed by atoms with Gasteiger partial charge in [0.15, 0.2) is 0 Å². The molecule has 0 fully saturated rings. The third-order valence-electron chi connectivity index (χ3n) is 6.34. The van der Waals surface area contributed by atoms with Crippen LogP contribution in [0.3, 0.4) is 0 Å². The monoisotopic (exact) mass is 456 g/mol. The molecule has 0 aliphatic heterocycles. The van der Waals surface area contributed by atoms with E-state index in [2.05, 4.69) is 22.4 Å². The Morgan fingerprint density at radius 3 is 2.32 bits per heavy atom. The topological polar surface area (TPSA) is 101 Å². The second-order valence-electron chi connectivity index (χ2n) is 8.26. The van der Waals surface area contributed by atoms with Crippen LogP contribution in [0.4, 0.5) is 4.79 Å². The number of carbonyl (C=O) groups excluding carboxylic acids is 1. The summed E-state index contributed by atoms with van der Waals surface area (Å²) in [7, 11) is 1.58. The highest BCUT2D eigenvalue weighted by Gasteiger charge is 2.30. The van der Waals surface area contributed by atoms with Crippen molar-refractivity contribution in [2.45, 2.75) is 18.4 Å². The molecule has 1 aliphatic carbocycles. The average molecular weight is 456 g/mol. The van der Waals surface area contributed by atoms with E-state index < -0.39 is 18.1 Å². The Bertz CT molecular complexity index is 1330. The van der Waals surface area contributed by atoms with Crippen LogP contribution in [0.2, 0.25) is 0 Å². The summed E-state index contributed by atoms with van der Waals surface area (Å²) < 4.78 is 10.9. The molecular weight excluding hydrogens is 432 g/mol. The third-order valence-corrected chi connectivity index (χ3v) is 6.34. The van der Waals surface area contributed by atoms with Crippen molar-refractivity contribution in [2.24, 2.45) is 0 Å². The van der Waals surface area contributed by atoms with Crippen molar-refractivity contribution in [1.29, 1.82) is 0 Å². The molecule has 1 heterocycles. The molecule has 1 aromatic heterocycles. The van der Waals surface area contributed by atoms with E-state index in [1.54, 1.807) is 13.3 Å². The fourth-order valence-electron chi connectivity index (χ4n) is 4.73. The number of hydrogen-bond donors (Lipinski definition) is 3. The Hall–Kier alpha value is -4.26. The van der Waals surface area contributed by atoms with Gasteiger partial charge in [-0.15, -0.1) is 0 Å². The first-order valence-electron chi connectivity index (χ1n) is 11.0. The highest BCUT2D eigenvalue weighted by Crippen LogP contribution is 2.44. The molecule has 7 nitrogen and oxygen atoms in total. The maximum atomic E-state index is 12.6. The Balaban J connectivity index is 1.29. The normalized spacial score (nSPS) is 13.2. The summed E-state index contributed by atoms with van der Waals surface area (Å²) in [5.74, 6) is -0.562. The van der Waals surface area contributed by atoms with Crippen LogP contribution in [0.5, 0.6) is 5.75 Å². The largest absolute Gasteiger partial charge is 0.495 e. The number of alkyl carbamates (subject to hydrolysis) is 1. The van der Waals surface area contributed by atoms with Gasteiger partial charge in [-0.1, -0.05) is 60.7 Å².